The fourth-order valence-electron chi connectivity index (χ4n) is 3.91. The second-order valence-electron chi connectivity index (χ2n) is 6.59. The number of carbonyl (C=O) groups is 1. The van der Waals surface area contributed by atoms with Crippen LogP contribution >= 0.6 is 0 Å². The van der Waals surface area contributed by atoms with E-state index in [1.165, 1.54) is 5.56 Å². The molecule has 114 valence electrons. The van der Waals surface area contributed by atoms with Crippen molar-refractivity contribution in [2.45, 2.75) is 45.3 Å². The predicted octanol–water partition coefficient (Wildman–Crippen LogP) is 3.78. The SMILES string of the molecule is COc1ccc([C@H]2O[C@@H](C(C)C)[C@H]3C(=O)CCC[C@H]32)cc1. The van der Waals surface area contributed by atoms with Crippen molar-refractivity contribution in [3.8, 4) is 5.75 Å². The Morgan fingerprint density at radius 2 is 1.95 bits per heavy atom. The normalized spacial score (nSPS) is 32.3. The molecule has 1 saturated heterocycles. The molecule has 1 heterocycles. The molecule has 1 aliphatic heterocycles. The van der Waals surface area contributed by atoms with Crippen molar-refractivity contribution in [3.05, 3.63) is 29.8 Å². The molecule has 1 saturated carbocycles. The first-order chi connectivity index (χ1) is 10.1. The van der Waals surface area contributed by atoms with Gasteiger partial charge < -0.3 is 9.47 Å². The van der Waals surface area contributed by atoms with Gasteiger partial charge in [-0.1, -0.05) is 26.0 Å². The Morgan fingerprint density at radius 3 is 2.57 bits per heavy atom. The van der Waals surface area contributed by atoms with Crippen LogP contribution in [-0.2, 0) is 9.53 Å². The molecule has 4 atom stereocenters. The van der Waals surface area contributed by atoms with Gasteiger partial charge in [0.2, 0.25) is 0 Å². The van der Waals surface area contributed by atoms with E-state index in [4.69, 9.17) is 9.47 Å². The number of methoxy groups -OCH3 is 1. The number of carbonyl (C=O) groups excluding carboxylic acids is 1. The van der Waals surface area contributed by atoms with E-state index >= 15 is 0 Å². The summed E-state index contributed by atoms with van der Waals surface area (Å²) in [5.41, 5.74) is 1.17. The smallest absolute Gasteiger partial charge is 0.138 e. The largest absolute Gasteiger partial charge is 0.497 e. The molecule has 21 heavy (non-hydrogen) atoms. The van der Waals surface area contributed by atoms with Crippen molar-refractivity contribution in [2.75, 3.05) is 7.11 Å². The summed E-state index contributed by atoms with van der Waals surface area (Å²) < 4.78 is 11.6. The summed E-state index contributed by atoms with van der Waals surface area (Å²) in [5, 5.41) is 0. The Kier molecular flexibility index (Phi) is 4.03. The van der Waals surface area contributed by atoms with E-state index in [0.29, 0.717) is 17.6 Å². The van der Waals surface area contributed by atoms with Gasteiger partial charge in [0, 0.05) is 18.3 Å². The Labute approximate surface area is 126 Å². The van der Waals surface area contributed by atoms with Gasteiger partial charge in [-0.05, 0) is 36.5 Å². The number of hydrogen-bond acceptors (Lipinski definition) is 3. The quantitative estimate of drug-likeness (QED) is 0.849. The Morgan fingerprint density at radius 1 is 1.24 bits per heavy atom. The first-order valence-corrected chi connectivity index (χ1v) is 7.94. The zero-order chi connectivity index (χ0) is 15.0. The summed E-state index contributed by atoms with van der Waals surface area (Å²) in [4.78, 5) is 12.4. The van der Waals surface area contributed by atoms with Crippen LogP contribution in [0, 0.1) is 17.8 Å². The first kappa shape index (κ1) is 14.6. The molecule has 2 aliphatic rings. The van der Waals surface area contributed by atoms with Gasteiger partial charge in [0.05, 0.1) is 19.3 Å². The van der Waals surface area contributed by atoms with Crippen LogP contribution in [0.2, 0.25) is 0 Å². The van der Waals surface area contributed by atoms with Crippen molar-refractivity contribution in [3.63, 3.8) is 0 Å². The average molecular weight is 288 g/mol. The van der Waals surface area contributed by atoms with E-state index in [2.05, 4.69) is 26.0 Å². The minimum Gasteiger partial charge on any atom is -0.497 e. The van der Waals surface area contributed by atoms with Gasteiger partial charge in [0.1, 0.15) is 11.5 Å². The van der Waals surface area contributed by atoms with Crippen LogP contribution in [-0.4, -0.2) is 19.0 Å². The maximum absolute atomic E-state index is 12.4. The van der Waals surface area contributed by atoms with Gasteiger partial charge in [-0.2, -0.15) is 0 Å². The summed E-state index contributed by atoms with van der Waals surface area (Å²) >= 11 is 0. The van der Waals surface area contributed by atoms with E-state index in [1.807, 2.05) is 12.1 Å². The van der Waals surface area contributed by atoms with Crippen LogP contribution in [0.4, 0.5) is 0 Å². The molecule has 2 fully saturated rings. The minimum atomic E-state index is 0.0533. The van der Waals surface area contributed by atoms with Gasteiger partial charge in [-0.3, -0.25) is 4.79 Å². The third-order valence-electron chi connectivity index (χ3n) is 4.94. The lowest BCUT2D eigenvalue weighted by molar-refractivity contribution is -0.127. The van der Waals surface area contributed by atoms with Crippen LogP contribution < -0.4 is 4.74 Å². The average Bonchev–Trinajstić information content (AvgIpc) is 2.88. The summed E-state index contributed by atoms with van der Waals surface area (Å²) in [7, 11) is 1.67. The lowest BCUT2D eigenvalue weighted by Gasteiger charge is -2.28. The molecule has 0 aromatic heterocycles. The lowest BCUT2D eigenvalue weighted by atomic mass is 9.72. The van der Waals surface area contributed by atoms with Crippen molar-refractivity contribution < 1.29 is 14.3 Å². The molecule has 3 rings (SSSR count). The third-order valence-corrected chi connectivity index (χ3v) is 4.94. The van der Waals surface area contributed by atoms with Gasteiger partial charge in [0.25, 0.3) is 0 Å². The molecule has 1 aromatic carbocycles. The fraction of sp³-hybridized carbons (Fsp3) is 0.611. The highest BCUT2D eigenvalue weighted by Gasteiger charge is 2.50. The number of benzene rings is 1. The van der Waals surface area contributed by atoms with Crippen molar-refractivity contribution >= 4 is 5.78 Å². The molecular formula is C18H24O3. The molecule has 0 amide bonds. The molecule has 0 radical (unpaired) electrons. The molecule has 0 unspecified atom stereocenters. The lowest BCUT2D eigenvalue weighted by Crippen LogP contribution is -2.35. The Balaban J connectivity index is 1.89. The molecule has 1 aromatic rings. The monoisotopic (exact) mass is 288 g/mol. The van der Waals surface area contributed by atoms with Gasteiger partial charge in [-0.25, -0.2) is 0 Å². The van der Waals surface area contributed by atoms with Crippen LogP contribution in [0.5, 0.6) is 5.75 Å². The third kappa shape index (κ3) is 2.59. The van der Waals surface area contributed by atoms with E-state index in [-0.39, 0.29) is 18.1 Å². The van der Waals surface area contributed by atoms with Crippen molar-refractivity contribution in [1.29, 1.82) is 0 Å². The maximum atomic E-state index is 12.4. The number of fused-ring (bicyclic) bond motifs is 1. The highest BCUT2D eigenvalue weighted by molar-refractivity contribution is 5.83. The zero-order valence-electron chi connectivity index (χ0n) is 13.0. The number of ketones is 1. The number of rotatable bonds is 3. The van der Waals surface area contributed by atoms with E-state index in [1.54, 1.807) is 7.11 Å². The van der Waals surface area contributed by atoms with E-state index in [0.717, 1.165) is 25.0 Å². The molecular weight excluding hydrogens is 264 g/mol. The summed E-state index contributed by atoms with van der Waals surface area (Å²) in [6.07, 6.45) is 2.94. The Hall–Kier alpha value is -1.35. The van der Waals surface area contributed by atoms with E-state index < -0.39 is 0 Å². The maximum Gasteiger partial charge on any atom is 0.138 e. The predicted molar refractivity (Wildman–Crippen MR) is 81.3 cm³/mol. The molecule has 3 heteroatoms. The number of hydrogen-bond donors (Lipinski definition) is 0. The van der Waals surface area contributed by atoms with Crippen molar-refractivity contribution in [2.24, 2.45) is 17.8 Å². The highest BCUT2D eigenvalue weighted by atomic mass is 16.5. The zero-order valence-corrected chi connectivity index (χ0v) is 13.0. The topological polar surface area (TPSA) is 35.5 Å². The van der Waals surface area contributed by atoms with Crippen LogP contribution in [0.25, 0.3) is 0 Å². The molecule has 3 nitrogen and oxygen atoms in total. The van der Waals surface area contributed by atoms with Crippen LogP contribution in [0.1, 0.15) is 44.8 Å². The fourth-order valence-corrected chi connectivity index (χ4v) is 3.91. The van der Waals surface area contributed by atoms with Gasteiger partial charge in [0.15, 0.2) is 0 Å². The molecule has 1 aliphatic carbocycles. The summed E-state index contributed by atoms with van der Waals surface area (Å²) in [5.74, 6) is 2.06. The van der Waals surface area contributed by atoms with Crippen molar-refractivity contribution in [1.82, 2.24) is 0 Å². The van der Waals surface area contributed by atoms with Gasteiger partial charge >= 0.3 is 0 Å². The second-order valence-corrected chi connectivity index (χ2v) is 6.59. The molecule has 0 spiro atoms. The van der Waals surface area contributed by atoms with Gasteiger partial charge in [-0.15, -0.1) is 0 Å². The van der Waals surface area contributed by atoms with E-state index in [9.17, 15) is 4.79 Å². The number of ether oxygens (including phenoxy) is 2. The number of Topliss-reactive ketones (excluding diaryl/α,β-unsaturated/α-hetero) is 1. The van der Waals surface area contributed by atoms with Crippen LogP contribution in [0.15, 0.2) is 24.3 Å². The first-order valence-electron chi connectivity index (χ1n) is 7.94. The molecule has 0 bridgehead atoms. The second kappa shape index (κ2) is 5.80. The van der Waals surface area contributed by atoms with Crippen LogP contribution in [0.3, 0.4) is 0 Å². The summed E-state index contributed by atoms with van der Waals surface area (Å²) in [6, 6.07) is 8.09. The Bertz CT molecular complexity index is 506. The summed E-state index contributed by atoms with van der Waals surface area (Å²) in [6.45, 7) is 4.31. The highest BCUT2D eigenvalue weighted by Crippen LogP contribution is 2.50. The minimum absolute atomic E-state index is 0.0533. The standard InChI is InChI=1S/C18H24O3/c1-11(2)17-16-14(5-4-6-15(16)19)18(21-17)12-7-9-13(20-3)10-8-12/h7-11,14,16-18H,4-6H2,1-3H3/t14-,16-,17+,18-/m1/s1. The molecule has 0 N–H and O–H groups in total.